The Balaban J connectivity index is -0.0000000600. The quantitative estimate of drug-likeness (QED) is 0.369. The lowest BCUT2D eigenvalue weighted by molar-refractivity contribution is 0.0613. The molecule has 0 aromatic carbocycles. The molecule has 0 N–H and O–H groups in total. The third kappa shape index (κ3) is 33.4. The lowest BCUT2D eigenvalue weighted by Crippen LogP contribution is -1.84. The maximum Gasteiger partial charge on any atom is 0.375 e. The van der Waals surface area contributed by atoms with E-state index in [1.165, 1.54) is 5.92 Å². The van der Waals surface area contributed by atoms with Gasteiger partial charge in [-0.15, -0.1) is 0 Å². The summed E-state index contributed by atoms with van der Waals surface area (Å²) in [6, 6.07) is 0. The molecule has 2 nitrogen and oxygen atoms in total. The van der Waals surface area contributed by atoms with Crippen molar-refractivity contribution in [3.8, 4) is 0 Å². The van der Waals surface area contributed by atoms with Gasteiger partial charge in [-0.1, -0.05) is 20.8 Å². The van der Waals surface area contributed by atoms with Crippen molar-refractivity contribution in [3.63, 3.8) is 0 Å². The Labute approximate surface area is 87.6 Å². The van der Waals surface area contributed by atoms with Crippen LogP contribution in [0.4, 0.5) is 0 Å². The largest absolute Gasteiger partial charge is 0.457 e. The normalized spacial score (nSPS) is 7.08. The molecule has 0 aliphatic carbocycles. The van der Waals surface area contributed by atoms with Crippen LogP contribution >= 0.6 is 0 Å². The SMILES string of the molecule is C=C=C([O])OCC.C[C](C)C.[Al].[HH]. The van der Waals surface area contributed by atoms with E-state index in [4.69, 9.17) is 0 Å². The van der Waals surface area contributed by atoms with Crippen LogP contribution in [0.1, 0.15) is 29.1 Å². The van der Waals surface area contributed by atoms with Crippen molar-refractivity contribution in [1.82, 2.24) is 0 Å². The van der Waals surface area contributed by atoms with Gasteiger partial charge in [0, 0.05) is 18.8 Å². The molecule has 3 heteroatoms. The summed E-state index contributed by atoms with van der Waals surface area (Å²) in [5.74, 6) is 0.933. The second kappa shape index (κ2) is 13.3. The minimum absolute atomic E-state index is 0. The first-order valence-electron chi connectivity index (χ1n) is 3.51. The molecule has 0 saturated heterocycles. The van der Waals surface area contributed by atoms with E-state index in [0.717, 1.165) is 0 Å². The molecule has 0 aromatic rings. The second-order valence-electron chi connectivity index (χ2n) is 2.40. The topological polar surface area (TPSA) is 29.1 Å². The summed E-state index contributed by atoms with van der Waals surface area (Å²) in [5, 5.41) is 10.0. The maximum absolute atomic E-state index is 10.0. The average molecular weight is 185 g/mol. The summed E-state index contributed by atoms with van der Waals surface area (Å²) in [4.78, 5) is 0. The van der Waals surface area contributed by atoms with E-state index in [1.54, 1.807) is 6.92 Å². The molecular weight excluding hydrogens is 167 g/mol. The molecule has 69 valence electrons. The summed E-state index contributed by atoms with van der Waals surface area (Å²) in [6.45, 7) is 11.5. The Morgan fingerprint density at radius 1 is 1.50 bits per heavy atom. The fourth-order valence-corrected chi connectivity index (χ4v) is 0.182. The molecule has 0 heterocycles. The zero-order valence-corrected chi connectivity index (χ0v) is 9.46. The molecule has 0 bridgehead atoms. The van der Waals surface area contributed by atoms with Crippen molar-refractivity contribution in [2.24, 2.45) is 0 Å². The lowest BCUT2D eigenvalue weighted by atomic mass is 10.3. The molecule has 0 unspecified atom stereocenters. The minimum Gasteiger partial charge on any atom is -0.457 e. The smallest absolute Gasteiger partial charge is 0.375 e. The van der Waals surface area contributed by atoms with Crippen molar-refractivity contribution in [2.45, 2.75) is 27.7 Å². The molecule has 0 fully saturated rings. The molecule has 0 atom stereocenters. The Hall–Kier alpha value is -0.348. The summed E-state index contributed by atoms with van der Waals surface area (Å²) >= 11 is 0. The van der Waals surface area contributed by atoms with Crippen molar-refractivity contribution >= 4 is 17.4 Å². The molecule has 12 heavy (non-hydrogen) atoms. The van der Waals surface area contributed by atoms with Crippen LogP contribution in [-0.2, 0) is 9.84 Å². The van der Waals surface area contributed by atoms with E-state index in [2.05, 4.69) is 37.8 Å². The predicted molar refractivity (Wildman–Crippen MR) is 53.1 cm³/mol. The predicted octanol–water partition coefficient (Wildman–Crippen LogP) is 2.57. The summed E-state index contributed by atoms with van der Waals surface area (Å²) in [6.07, 6.45) is 0. The van der Waals surface area contributed by atoms with Gasteiger partial charge in [-0.3, -0.25) is 0 Å². The van der Waals surface area contributed by atoms with Crippen molar-refractivity contribution in [1.29, 1.82) is 0 Å². The van der Waals surface area contributed by atoms with Crippen LogP contribution in [-0.4, -0.2) is 24.0 Å². The van der Waals surface area contributed by atoms with Crippen LogP contribution in [0.15, 0.2) is 18.3 Å². The van der Waals surface area contributed by atoms with E-state index in [-0.39, 0.29) is 18.8 Å². The van der Waals surface area contributed by atoms with Crippen LogP contribution in [0.5, 0.6) is 0 Å². The van der Waals surface area contributed by atoms with E-state index in [0.29, 0.717) is 6.61 Å². The van der Waals surface area contributed by atoms with Gasteiger partial charge < -0.3 is 4.74 Å². The highest BCUT2D eigenvalue weighted by Crippen LogP contribution is 1.85. The standard InChI is InChI=1S/C5H7O2.C4H9.Al.H2/c1-3-5(6)7-4-2;1-4(2)3;;/h1,4H2,2H3;1-3H3;;1H. The molecule has 0 aliphatic rings. The van der Waals surface area contributed by atoms with Gasteiger partial charge in [0.15, 0.2) is 0 Å². The Kier molecular flexibility index (Phi) is 19.5. The van der Waals surface area contributed by atoms with Crippen LogP contribution < -0.4 is 0 Å². The van der Waals surface area contributed by atoms with Gasteiger partial charge in [-0.2, -0.15) is 0 Å². The van der Waals surface area contributed by atoms with Crippen LogP contribution in [0.2, 0.25) is 0 Å². The fourth-order valence-electron chi connectivity index (χ4n) is 0.182. The maximum atomic E-state index is 10.0. The van der Waals surface area contributed by atoms with Gasteiger partial charge in [0.2, 0.25) is 0 Å². The van der Waals surface area contributed by atoms with Crippen LogP contribution in [0.25, 0.3) is 0 Å². The Morgan fingerprint density at radius 3 is 1.92 bits per heavy atom. The molecule has 0 rings (SSSR count). The summed E-state index contributed by atoms with van der Waals surface area (Å²) in [7, 11) is 0. The number of hydrogen-bond donors (Lipinski definition) is 0. The molecule has 0 spiro atoms. The van der Waals surface area contributed by atoms with Crippen LogP contribution in [0, 0.1) is 5.92 Å². The number of ether oxygens (including phenoxy) is 1. The minimum atomic E-state index is -0.484. The first-order valence-corrected chi connectivity index (χ1v) is 3.51. The van der Waals surface area contributed by atoms with Gasteiger partial charge in [-0.25, -0.2) is 5.11 Å². The zero-order chi connectivity index (χ0) is 9.28. The van der Waals surface area contributed by atoms with Gasteiger partial charge in [-0.05, 0) is 25.2 Å². The highest BCUT2D eigenvalue weighted by molar-refractivity contribution is 5.75. The van der Waals surface area contributed by atoms with Gasteiger partial charge in [0.1, 0.15) is 0 Å². The molecule has 0 aliphatic heterocycles. The summed E-state index contributed by atoms with van der Waals surface area (Å²) in [5.41, 5.74) is 2.05. The third-order valence-electron chi connectivity index (χ3n) is 0.420. The number of rotatable bonds is 2. The van der Waals surface area contributed by atoms with Crippen molar-refractivity contribution in [2.75, 3.05) is 6.61 Å². The fraction of sp³-hybridized carbons (Fsp3) is 0.556. The van der Waals surface area contributed by atoms with E-state index >= 15 is 0 Å². The molecule has 0 aromatic heterocycles. The lowest BCUT2D eigenvalue weighted by Gasteiger charge is -1.89. The van der Waals surface area contributed by atoms with E-state index in [1.807, 2.05) is 0 Å². The average Bonchev–Trinajstić information content (AvgIpc) is 1.87. The third-order valence-corrected chi connectivity index (χ3v) is 0.420. The van der Waals surface area contributed by atoms with E-state index in [9.17, 15) is 5.11 Å². The first-order chi connectivity index (χ1) is 5.04. The van der Waals surface area contributed by atoms with Gasteiger partial charge in [0.25, 0.3) is 0 Å². The molecular formula is C9H18AlO2. The van der Waals surface area contributed by atoms with Crippen LogP contribution in [0.3, 0.4) is 0 Å². The monoisotopic (exact) mass is 185 g/mol. The van der Waals surface area contributed by atoms with Crippen molar-refractivity contribution in [3.05, 3.63) is 24.2 Å². The first kappa shape index (κ1) is 17.7. The highest BCUT2D eigenvalue weighted by atomic mass is 27.0. The molecule has 0 saturated carbocycles. The zero-order valence-electron chi connectivity index (χ0n) is 8.31. The Bertz CT molecular complexity index is 129. The second-order valence-corrected chi connectivity index (χ2v) is 2.40. The highest BCUT2D eigenvalue weighted by Gasteiger charge is 1.85. The Morgan fingerprint density at radius 2 is 1.83 bits per heavy atom. The van der Waals surface area contributed by atoms with Crippen molar-refractivity contribution < 1.29 is 11.3 Å². The summed E-state index contributed by atoms with van der Waals surface area (Å²) < 4.78 is 4.38. The van der Waals surface area contributed by atoms with Gasteiger partial charge in [0.05, 0.1) is 6.61 Å². The molecule has 0 amide bonds. The number of hydrogen-bond acceptors (Lipinski definition) is 1. The molecule has 5 radical (unpaired) electrons. The van der Waals surface area contributed by atoms with Gasteiger partial charge >= 0.3 is 5.95 Å². The van der Waals surface area contributed by atoms with E-state index < -0.39 is 5.95 Å².